The summed E-state index contributed by atoms with van der Waals surface area (Å²) < 4.78 is 13.5. The van der Waals surface area contributed by atoms with E-state index in [1.54, 1.807) is 18.3 Å². The first-order valence-corrected chi connectivity index (χ1v) is 8.91. The Morgan fingerprint density at radius 1 is 1.08 bits per heavy atom. The van der Waals surface area contributed by atoms with Crippen molar-refractivity contribution < 1.29 is 4.39 Å². The molecule has 3 aromatic rings. The minimum absolute atomic E-state index is 0.151. The van der Waals surface area contributed by atoms with Gasteiger partial charge in [0.2, 0.25) is 0 Å². The van der Waals surface area contributed by atoms with Crippen LogP contribution in [0.5, 0.6) is 0 Å². The molecule has 0 bridgehead atoms. The van der Waals surface area contributed by atoms with Crippen molar-refractivity contribution in [3.05, 3.63) is 65.1 Å². The zero-order valence-corrected chi connectivity index (χ0v) is 14.2. The highest BCUT2D eigenvalue weighted by molar-refractivity contribution is 6.31. The van der Waals surface area contributed by atoms with Gasteiger partial charge in [0.05, 0.1) is 10.5 Å². The zero-order chi connectivity index (χ0) is 16.5. The first kappa shape index (κ1) is 15.6. The largest absolute Gasteiger partial charge is 0.256 e. The quantitative estimate of drug-likeness (QED) is 0.536. The van der Waals surface area contributed by atoms with Gasteiger partial charge >= 0.3 is 0 Å². The third kappa shape index (κ3) is 3.03. The number of benzene rings is 2. The number of pyridine rings is 1. The Morgan fingerprint density at radius 3 is 2.71 bits per heavy atom. The average molecular weight is 340 g/mol. The topological polar surface area (TPSA) is 12.9 Å². The Hall–Kier alpha value is -1.93. The highest BCUT2D eigenvalue weighted by atomic mass is 35.5. The molecule has 0 unspecified atom stereocenters. The fourth-order valence-corrected chi connectivity index (χ4v) is 3.98. The Balaban J connectivity index is 1.83. The Kier molecular flexibility index (Phi) is 4.24. The summed E-state index contributed by atoms with van der Waals surface area (Å²) in [6, 6.07) is 13.4. The van der Waals surface area contributed by atoms with Crippen molar-refractivity contribution in [3.8, 4) is 11.1 Å². The second kappa shape index (κ2) is 6.52. The number of halogens is 2. The Labute approximate surface area is 146 Å². The van der Waals surface area contributed by atoms with Crippen LogP contribution in [0.1, 0.15) is 31.2 Å². The molecule has 3 heteroatoms. The highest BCUT2D eigenvalue weighted by Gasteiger charge is 2.17. The molecule has 1 aliphatic carbocycles. The minimum Gasteiger partial charge on any atom is -0.256 e. The van der Waals surface area contributed by atoms with Crippen LogP contribution in [0.2, 0.25) is 5.02 Å². The molecule has 4 rings (SSSR count). The fraction of sp³-hybridized carbons (Fsp3) is 0.286. The number of nitrogens with zero attached hydrogens (tertiary/aromatic N) is 1. The maximum absolute atomic E-state index is 13.5. The molecule has 122 valence electrons. The first-order valence-electron chi connectivity index (χ1n) is 8.54. The molecule has 1 aliphatic rings. The predicted molar refractivity (Wildman–Crippen MR) is 97.8 cm³/mol. The summed E-state index contributed by atoms with van der Waals surface area (Å²) in [5.41, 5.74) is 4.22. The van der Waals surface area contributed by atoms with Crippen LogP contribution in [0.25, 0.3) is 22.0 Å². The summed E-state index contributed by atoms with van der Waals surface area (Å²) in [5, 5.41) is 1.28. The van der Waals surface area contributed by atoms with E-state index < -0.39 is 0 Å². The molecule has 0 radical (unpaired) electrons. The fourth-order valence-electron chi connectivity index (χ4n) is 3.80. The highest BCUT2D eigenvalue weighted by Crippen LogP contribution is 2.34. The molecule has 1 fully saturated rings. The lowest BCUT2D eigenvalue weighted by Gasteiger charge is -2.13. The summed E-state index contributed by atoms with van der Waals surface area (Å²) >= 11 is 6.00. The van der Waals surface area contributed by atoms with Crippen molar-refractivity contribution in [2.45, 2.75) is 32.1 Å². The molecule has 0 atom stereocenters. The van der Waals surface area contributed by atoms with Gasteiger partial charge in [-0.25, -0.2) is 4.39 Å². The third-order valence-electron chi connectivity index (χ3n) is 4.99. The molecule has 0 saturated heterocycles. The summed E-state index contributed by atoms with van der Waals surface area (Å²) in [7, 11) is 0. The van der Waals surface area contributed by atoms with Gasteiger partial charge in [0.15, 0.2) is 0 Å². The number of aromatic nitrogens is 1. The number of hydrogen-bond donors (Lipinski definition) is 0. The molecule has 1 nitrogen and oxygen atoms in total. The molecule has 0 amide bonds. The molecular formula is C21H19ClFN. The molecule has 1 saturated carbocycles. The molecule has 0 spiro atoms. The van der Waals surface area contributed by atoms with Crippen molar-refractivity contribution in [2.24, 2.45) is 5.92 Å². The van der Waals surface area contributed by atoms with Crippen molar-refractivity contribution in [3.63, 3.8) is 0 Å². The van der Waals surface area contributed by atoms with Crippen molar-refractivity contribution in [1.29, 1.82) is 0 Å². The molecule has 1 aromatic heterocycles. The number of hydrogen-bond acceptors (Lipinski definition) is 1. The van der Waals surface area contributed by atoms with Gasteiger partial charge in [0, 0.05) is 17.1 Å². The second-order valence-corrected chi connectivity index (χ2v) is 7.11. The van der Waals surface area contributed by atoms with Crippen LogP contribution in [0.15, 0.2) is 48.7 Å². The van der Waals surface area contributed by atoms with E-state index in [0.717, 1.165) is 34.4 Å². The smallest absolute Gasteiger partial charge is 0.141 e. The van der Waals surface area contributed by atoms with Gasteiger partial charge in [0.25, 0.3) is 0 Å². The van der Waals surface area contributed by atoms with Gasteiger partial charge in [-0.05, 0) is 53.8 Å². The van der Waals surface area contributed by atoms with Crippen LogP contribution in [0.4, 0.5) is 4.39 Å². The van der Waals surface area contributed by atoms with E-state index in [9.17, 15) is 4.39 Å². The molecule has 24 heavy (non-hydrogen) atoms. The van der Waals surface area contributed by atoms with Crippen LogP contribution in [-0.4, -0.2) is 4.98 Å². The minimum atomic E-state index is -0.389. The maximum atomic E-state index is 13.5. The van der Waals surface area contributed by atoms with Gasteiger partial charge in [0.1, 0.15) is 5.82 Å². The van der Waals surface area contributed by atoms with E-state index in [-0.39, 0.29) is 10.8 Å². The molecular weight excluding hydrogens is 321 g/mol. The van der Waals surface area contributed by atoms with Crippen LogP contribution in [0, 0.1) is 11.7 Å². The lowest BCUT2D eigenvalue weighted by Crippen LogP contribution is -1.99. The van der Waals surface area contributed by atoms with Crippen molar-refractivity contribution in [2.75, 3.05) is 0 Å². The second-order valence-electron chi connectivity index (χ2n) is 6.70. The molecule has 0 aliphatic heterocycles. The van der Waals surface area contributed by atoms with Gasteiger partial charge in [-0.2, -0.15) is 0 Å². The average Bonchev–Trinajstić information content (AvgIpc) is 3.10. The molecule has 0 N–H and O–H groups in total. The van der Waals surface area contributed by atoms with Gasteiger partial charge in [-0.15, -0.1) is 0 Å². The summed E-state index contributed by atoms with van der Waals surface area (Å²) in [5.74, 6) is 0.392. The van der Waals surface area contributed by atoms with Crippen LogP contribution < -0.4 is 0 Å². The molecule has 1 heterocycles. The predicted octanol–water partition coefficient (Wildman–Crippen LogP) is 6.43. The van der Waals surface area contributed by atoms with Gasteiger partial charge < -0.3 is 0 Å². The lowest BCUT2D eigenvalue weighted by molar-refractivity contribution is 0.547. The Morgan fingerprint density at radius 2 is 1.92 bits per heavy atom. The summed E-state index contributed by atoms with van der Waals surface area (Å²) in [6.07, 6.45) is 8.24. The van der Waals surface area contributed by atoms with Crippen LogP contribution in [0.3, 0.4) is 0 Å². The van der Waals surface area contributed by atoms with Crippen molar-refractivity contribution >= 4 is 22.5 Å². The summed E-state index contributed by atoms with van der Waals surface area (Å²) in [4.78, 5) is 4.55. The van der Waals surface area contributed by atoms with Gasteiger partial charge in [-0.3, -0.25) is 4.98 Å². The van der Waals surface area contributed by atoms with E-state index in [1.165, 1.54) is 37.3 Å². The standard InChI is InChI=1S/C21H19ClFN/c22-19-13-16(7-8-20(19)23)18-12-15(10-14-4-1-2-5-14)11-17-6-3-9-24-21(17)18/h3,6-9,11-14H,1-2,4-5,10H2. The van der Waals surface area contributed by atoms with E-state index in [2.05, 4.69) is 23.2 Å². The zero-order valence-electron chi connectivity index (χ0n) is 13.4. The van der Waals surface area contributed by atoms with Gasteiger partial charge in [-0.1, -0.05) is 49.4 Å². The SMILES string of the molecule is Fc1ccc(-c2cc(CC3CCCC3)cc3cccnc23)cc1Cl. The van der Waals surface area contributed by atoms with E-state index in [1.807, 2.05) is 6.07 Å². The van der Waals surface area contributed by atoms with E-state index >= 15 is 0 Å². The number of fused-ring (bicyclic) bond motifs is 1. The van der Waals surface area contributed by atoms with Crippen LogP contribution >= 0.6 is 11.6 Å². The number of rotatable bonds is 3. The first-order chi connectivity index (χ1) is 11.7. The van der Waals surface area contributed by atoms with E-state index in [0.29, 0.717) is 0 Å². The Bertz CT molecular complexity index is 884. The summed E-state index contributed by atoms with van der Waals surface area (Å²) in [6.45, 7) is 0. The normalized spacial score (nSPS) is 15.2. The van der Waals surface area contributed by atoms with E-state index in [4.69, 9.17) is 11.6 Å². The monoisotopic (exact) mass is 339 g/mol. The molecule has 2 aromatic carbocycles. The van der Waals surface area contributed by atoms with Crippen LogP contribution in [-0.2, 0) is 6.42 Å². The lowest BCUT2D eigenvalue weighted by atomic mass is 9.93. The van der Waals surface area contributed by atoms with Crippen molar-refractivity contribution in [1.82, 2.24) is 4.98 Å². The third-order valence-corrected chi connectivity index (χ3v) is 5.28. The maximum Gasteiger partial charge on any atom is 0.141 e.